The van der Waals surface area contributed by atoms with Gasteiger partial charge in [0.15, 0.2) is 5.78 Å². The Balaban J connectivity index is 1.38. The fourth-order valence-corrected chi connectivity index (χ4v) is 4.76. The van der Waals surface area contributed by atoms with E-state index < -0.39 is 12.0 Å². The average molecular weight is 551 g/mol. The fraction of sp³-hybridized carbons (Fsp3) is 0.257. The minimum atomic E-state index is -0.992. The van der Waals surface area contributed by atoms with Gasteiger partial charge in [0.05, 0.1) is 6.54 Å². The van der Waals surface area contributed by atoms with Crippen LogP contribution >= 0.6 is 0 Å². The number of nitrogens with zero attached hydrogens (tertiary/aromatic N) is 1. The van der Waals surface area contributed by atoms with E-state index in [2.05, 4.69) is 55.3 Å². The van der Waals surface area contributed by atoms with E-state index in [0.29, 0.717) is 29.3 Å². The Bertz CT molecular complexity index is 1430. The number of aryl methyl sites for hydroxylation is 1. The SMILES string of the molecule is Cc1cccc(N(CCOc2ccc(CC(Nc3ccccc3C(=O)c3ccccc3)C(=O)O)cc2)CC(C)C)c1. The molecule has 4 aromatic carbocycles. The second-order valence-electron chi connectivity index (χ2n) is 10.7. The van der Waals surface area contributed by atoms with Crippen LogP contribution in [-0.4, -0.2) is 42.6 Å². The molecule has 1 unspecified atom stereocenters. The monoisotopic (exact) mass is 550 g/mol. The molecule has 0 aromatic heterocycles. The summed E-state index contributed by atoms with van der Waals surface area (Å²) in [5.41, 5.74) is 4.75. The molecule has 0 aliphatic carbocycles. The molecule has 0 aliphatic heterocycles. The Morgan fingerprint density at radius 3 is 2.27 bits per heavy atom. The molecule has 0 heterocycles. The van der Waals surface area contributed by atoms with Crippen molar-refractivity contribution in [3.63, 3.8) is 0 Å². The van der Waals surface area contributed by atoms with Crippen LogP contribution in [0.4, 0.5) is 11.4 Å². The lowest BCUT2D eigenvalue weighted by molar-refractivity contribution is -0.137. The zero-order valence-corrected chi connectivity index (χ0v) is 23.9. The summed E-state index contributed by atoms with van der Waals surface area (Å²) in [7, 11) is 0. The van der Waals surface area contributed by atoms with E-state index in [0.717, 1.165) is 24.4 Å². The highest BCUT2D eigenvalue weighted by Crippen LogP contribution is 2.22. The van der Waals surface area contributed by atoms with E-state index in [1.54, 1.807) is 36.4 Å². The number of ketones is 1. The molecule has 4 rings (SSSR count). The minimum absolute atomic E-state index is 0.159. The Kier molecular flexibility index (Phi) is 10.2. The number of nitrogens with one attached hydrogen (secondary N) is 1. The second kappa shape index (κ2) is 14.2. The molecule has 0 amide bonds. The number of aliphatic carboxylic acids is 1. The van der Waals surface area contributed by atoms with Crippen molar-refractivity contribution in [3.8, 4) is 5.75 Å². The maximum Gasteiger partial charge on any atom is 0.326 e. The van der Waals surface area contributed by atoms with Crippen LogP contribution in [0.3, 0.4) is 0 Å². The molecule has 0 saturated carbocycles. The van der Waals surface area contributed by atoms with Gasteiger partial charge in [0.1, 0.15) is 18.4 Å². The predicted molar refractivity (Wildman–Crippen MR) is 165 cm³/mol. The highest BCUT2D eigenvalue weighted by Gasteiger charge is 2.21. The Labute approximate surface area is 242 Å². The molecule has 0 radical (unpaired) electrons. The number of carbonyl (C=O) groups excluding carboxylic acids is 1. The molecule has 0 aliphatic rings. The molecule has 6 nitrogen and oxygen atoms in total. The second-order valence-corrected chi connectivity index (χ2v) is 10.7. The zero-order valence-electron chi connectivity index (χ0n) is 23.9. The van der Waals surface area contributed by atoms with E-state index in [1.165, 1.54) is 11.3 Å². The highest BCUT2D eigenvalue weighted by atomic mass is 16.5. The Morgan fingerprint density at radius 1 is 0.878 bits per heavy atom. The van der Waals surface area contributed by atoms with Crippen molar-refractivity contribution in [1.82, 2.24) is 0 Å². The van der Waals surface area contributed by atoms with Crippen LogP contribution < -0.4 is 15.0 Å². The first kappa shape index (κ1) is 29.4. The molecule has 212 valence electrons. The van der Waals surface area contributed by atoms with Crippen LogP contribution in [0.1, 0.15) is 40.9 Å². The van der Waals surface area contributed by atoms with Gasteiger partial charge in [-0.1, -0.05) is 80.6 Å². The number of rotatable bonds is 14. The van der Waals surface area contributed by atoms with Crippen molar-refractivity contribution >= 4 is 23.1 Å². The number of carboxylic acids is 1. The number of anilines is 2. The summed E-state index contributed by atoms with van der Waals surface area (Å²) in [4.78, 5) is 27.6. The molecule has 1 atom stereocenters. The minimum Gasteiger partial charge on any atom is -0.492 e. The number of carboxylic acid groups (broad SMARTS) is 1. The van der Waals surface area contributed by atoms with Gasteiger partial charge in [-0.25, -0.2) is 4.79 Å². The van der Waals surface area contributed by atoms with Gasteiger partial charge in [0.25, 0.3) is 0 Å². The molecule has 0 fully saturated rings. The summed E-state index contributed by atoms with van der Waals surface area (Å²) in [6, 6.07) is 31.1. The normalized spacial score (nSPS) is 11.6. The number of benzene rings is 4. The van der Waals surface area contributed by atoms with Crippen LogP contribution in [0, 0.1) is 12.8 Å². The number of para-hydroxylation sites is 1. The van der Waals surface area contributed by atoms with E-state index in [9.17, 15) is 14.7 Å². The van der Waals surface area contributed by atoms with E-state index >= 15 is 0 Å². The number of ether oxygens (including phenoxy) is 1. The van der Waals surface area contributed by atoms with Gasteiger partial charge in [0, 0.05) is 35.5 Å². The van der Waals surface area contributed by atoms with Crippen molar-refractivity contribution in [1.29, 1.82) is 0 Å². The third-order valence-corrected chi connectivity index (χ3v) is 6.78. The fourth-order valence-electron chi connectivity index (χ4n) is 4.76. The lowest BCUT2D eigenvalue weighted by Crippen LogP contribution is -2.32. The molecular formula is C35H38N2O4. The lowest BCUT2D eigenvalue weighted by Gasteiger charge is -2.27. The molecule has 6 heteroatoms. The molecule has 0 bridgehead atoms. The van der Waals surface area contributed by atoms with E-state index in [-0.39, 0.29) is 12.2 Å². The summed E-state index contributed by atoms with van der Waals surface area (Å²) >= 11 is 0. The number of hydrogen-bond donors (Lipinski definition) is 2. The summed E-state index contributed by atoms with van der Waals surface area (Å²) in [5, 5.41) is 13.0. The average Bonchev–Trinajstić information content (AvgIpc) is 2.97. The molecule has 41 heavy (non-hydrogen) atoms. The van der Waals surface area contributed by atoms with Crippen LogP contribution in [0.5, 0.6) is 5.75 Å². The number of carbonyl (C=O) groups is 2. The third-order valence-electron chi connectivity index (χ3n) is 6.78. The Hall–Kier alpha value is -4.58. The highest BCUT2D eigenvalue weighted by molar-refractivity contribution is 6.12. The van der Waals surface area contributed by atoms with Crippen molar-refractivity contribution in [2.45, 2.75) is 33.2 Å². The van der Waals surface area contributed by atoms with Gasteiger partial charge >= 0.3 is 5.97 Å². The van der Waals surface area contributed by atoms with E-state index in [4.69, 9.17) is 4.74 Å². The summed E-state index contributed by atoms with van der Waals surface area (Å²) in [6.45, 7) is 8.75. The maximum atomic E-state index is 13.1. The topological polar surface area (TPSA) is 78.9 Å². The van der Waals surface area contributed by atoms with Crippen LogP contribution in [0.15, 0.2) is 103 Å². The van der Waals surface area contributed by atoms with Crippen LogP contribution in [0.25, 0.3) is 0 Å². The van der Waals surface area contributed by atoms with Gasteiger partial charge in [0.2, 0.25) is 0 Å². The largest absolute Gasteiger partial charge is 0.492 e. The maximum absolute atomic E-state index is 13.1. The predicted octanol–water partition coefficient (Wildman–Crippen LogP) is 6.88. The lowest BCUT2D eigenvalue weighted by atomic mass is 10.00. The van der Waals surface area contributed by atoms with Crippen molar-refractivity contribution in [2.24, 2.45) is 5.92 Å². The first-order valence-corrected chi connectivity index (χ1v) is 14.0. The molecular weight excluding hydrogens is 512 g/mol. The molecule has 0 saturated heterocycles. The van der Waals surface area contributed by atoms with Gasteiger partial charge in [-0.15, -0.1) is 0 Å². The van der Waals surface area contributed by atoms with Gasteiger partial charge in [-0.3, -0.25) is 4.79 Å². The summed E-state index contributed by atoms with van der Waals surface area (Å²) in [6.07, 6.45) is 0.249. The quantitative estimate of drug-likeness (QED) is 0.167. The standard InChI is InChI=1S/C35H38N2O4/c1-25(2)24-37(29-13-9-10-26(3)22-29)20-21-41-30-18-16-27(17-19-30)23-33(35(39)40)36-32-15-8-7-14-31(32)34(38)28-11-5-4-6-12-28/h4-19,22,25,33,36H,20-21,23-24H2,1-3H3,(H,39,40). The first-order chi connectivity index (χ1) is 19.8. The molecule has 0 spiro atoms. The Morgan fingerprint density at radius 2 is 1.59 bits per heavy atom. The molecule has 2 N–H and O–H groups in total. The van der Waals surface area contributed by atoms with E-state index in [1.807, 2.05) is 42.5 Å². The van der Waals surface area contributed by atoms with Crippen molar-refractivity contribution in [3.05, 3.63) is 125 Å². The summed E-state index contributed by atoms with van der Waals surface area (Å²) < 4.78 is 6.05. The van der Waals surface area contributed by atoms with Gasteiger partial charge in [-0.05, 0) is 60.4 Å². The van der Waals surface area contributed by atoms with Gasteiger partial charge in [-0.2, -0.15) is 0 Å². The zero-order chi connectivity index (χ0) is 29.2. The first-order valence-electron chi connectivity index (χ1n) is 14.0. The van der Waals surface area contributed by atoms with Crippen molar-refractivity contribution in [2.75, 3.05) is 29.9 Å². The smallest absolute Gasteiger partial charge is 0.326 e. The number of hydrogen-bond acceptors (Lipinski definition) is 5. The summed E-state index contributed by atoms with van der Waals surface area (Å²) in [5.74, 6) is 0.109. The van der Waals surface area contributed by atoms with Crippen LogP contribution in [0.2, 0.25) is 0 Å². The van der Waals surface area contributed by atoms with Crippen molar-refractivity contribution < 1.29 is 19.4 Å². The third kappa shape index (κ3) is 8.45. The molecule has 4 aromatic rings. The van der Waals surface area contributed by atoms with Crippen LogP contribution in [-0.2, 0) is 11.2 Å². The van der Waals surface area contributed by atoms with Gasteiger partial charge < -0.3 is 20.1 Å².